The lowest BCUT2D eigenvalue weighted by atomic mass is 9.82. The highest BCUT2D eigenvalue weighted by Gasteiger charge is 2.70. The van der Waals surface area contributed by atoms with Crippen molar-refractivity contribution < 1.29 is 85.5 Å². The Labute approximate surface area is 482 Å². The second kappa shape index (κ2) is 25.5. The summed E-state index contributed by atoms with van der Waals surface area (Å²) in [4.78, 5) is 71.9. The molecule has 15 unspecified atom stereocenters. The topological polar surface area (TPSA) is 306 Å². The van der Waals surface area contributed by atoms with Gasteiger partial charge in [-0.3, -0.25) is 41.3 Å². The fourth-order valence-electron chi connectivity index (χ4n) is 11.0. The molecular weight excluding hydrogens is 1170 g/mol. The van der Waals surface area contributed by atoms with Gasteiger partial charge >= 0.3 is 0 Å². The van der Waals surface area contributed by atoms with E-state index in [1.54, 1.807) is 11.8 Å². The largest absolute Gasteiger partial charge is 0.368 e. The molecule has 2 saturated carbocycles. The lowest BCUT2D eigenvalue weighted by Gasteiger charge is -2.32. The SMILES string of the molecule is CCC(C)(C)C(=O)SCCNC(=O)COC1C2CC3C(O2)C1OS3(=O)=O.CCC(C)(C)C(=O)SCCNC(=O)COC1C2CC3C(S2)C1OS3(=O)=O.CCC(C)(C)C(=O)SCCNC(=O)COC1C2OS(=O)(=O)C3CC1(C)CC23. The summed E-state index contributed by atoms with van der Waals surface area (Å²) in [5.74, 6) is 0.675. The van der Waals surface area contributed by atoms with Crippen LogP contribution in [0.3, 0.4) is 0 Å². The molecule has 0 aromatic rings. The van der Waals surface area contributed by atoms with E-state index >= 15 is 0 Å². The van der Waals surface area contributed by atoms with Crippen LogP contribution in [0.2, 0.25) is 0 Å². The van der Waals surface area contributed by atoms with Gasteiger partial charge < -0.3 is 34.9 Å². The highest BCUT2D eigenvalue weighted by atomic mass is 32.2. The van der Waals surface area contributed by atoms with Crippen molar-refractivity contribution in [2.75, 3.05) is 56.7 Å². The van der Waals surface area contributed by atoms with Crippen molar-refractivity contribution in [1.82, 2.24) is 16.0 Å². The van der Waals surface area contributed by atoms with Crippen molar-refractivity contribution >= 4 is 110 Å². The van der Waals surface area contributed by atoms with Gasteiger partial charge in [-0.25, -0.2) is 0 Å². The third-order valence-corrected chi connectivity index (χ3v) is 27.7. The Morgan fingerprint density at radius 2 is 0.987 bits per heavy atom. The van der Waals surface area contributed by atoms with Crippen LogP contribution < -0.4 is 16.0 Å². The number of carbonyl (C=O) groups is 6. The molecular formula is C50H79N3O19S7. The van der Waals surface area contributed by atoms with Gasteiger partial charge in [-0.2, -0.15) is 25.3 Å². The third kappa shape index (κ3) is 14.6. The Morgan fingerprint density at radius 3 is 1.48 bits per heavy atom. The van der Waals surface area contributed by atoms with Gasteiger partial charge in [0.05, 0.1) is 28.8 Å². The number of hydrogen-bond acceptors (Lipinski definition) is 23. The van der Waals surface area contributed by atoms with Crippen molar-refractivity contribution in [2.45, 2.75) is 189 Å². The van der Waals surface area contributed by atoms with Crippen LogP contribution in [0.15, 0.2) is 0 Å². The lowest BCUT2D eigenvalue weighted by Crippen LogP contribution is -2.43. The highest BCUT2D eigenvalue weighted by molar-refractivity contribution is 8.14. The summed E-state index contributed by atoms with van der Waals surface area (Å²) in [6.07, 6.45) is 0.831. The summed E-state index contributed by atoms with van der Waals surface area (Å²) in [6.45, 7) is 20.1. The summed E-state index contributed by atoms with van der Waals surface area (Å²) in [5, 5.41) is 7.11. The summed E-state index contributed by atoms with van der Waals surface area (Å²) in [6, 6.07) is 0. The van der Waals surface area contributed by atoms with Gasteiger partial charge in [0.25, 0.3) is 30.4 Å². The first-order chi connectivity index (χ1) is 36.8. The van der Waals surface area contributed by atoms with Gasteiger partial charge in [0.2, 0.25) is 17.7 Å². The minimum Gasteiger partial charge on any atom is -0.368 e. The number of carbonyl (C=O) groups excluding carboxylic acids is 6. The van der Waals surface area contributed by atoms with Gasteiger partial charge in [0.15, 0.2) is 15.3 Å². The van der Waals surface area contributed by atoms with E-state index in [0.29, 0.717) is 56.2 Å². The van der Waals surface area contributed by atoms with Gasteiger partial charge in [-0.1, -0.05) is 105 Å². The van der Waals surface area contributed by atoms with E-state index in [1.165, 1.54) is 35.3 Å². The van der Waals surface area contributed by atoms with E-state index in [4.69, 9.17) is 31.5 Å². The molecule has 450 valence electrons. The fraction of sp³-hybridized carbons (Fsp3) is 0.880. The molecule has 79 heavy (non-hydrogen) atoms. The zero-order valence-corrected chi connectivity index (χ0v) is 52.2. The molecule has 7 heterocycles. The molecule has 3 amide bonds. The maximum atomic E-state index is 12.1. The zero-order valence-electron chi connectivity index (χ0n) is 46.5. The molecule has 0 aromatic carbocycles. The first-order valence-electron chi connectivity index (χ1n) is 27.0. The van der Waals surface area contributed by atoms with E-state index < -0.39 is 76.6 Å². The molecule has 9 rings (SSSR count). The second-order valence-corrected chi connectivity index (χ2v) is 33.7. The Bertz CT molecular complexity index is 2520. The third-order valence-electron chi connectivity index (χ3n) is 16.9. The van der Waals surface area contributed by atoms with E-state index in [-0.39, 0.29) is 109 Å². The number of hydrogen-bond donors (Lipinski definition) is 3. The molecule has 9 aliphatic rings. The van der Waals surface area contributed by atoms with Gasteiger partial charge in [-0.05, 0) is 50.4 Å². The summed E-state index contributed by atoms with van der Waals surface area (Å²) in [5.41, 5.74) is -1.32. The zero-order chi connectivity index (χ0) is 58.3. The van der Waals surface area contributed by atoms with E-state index in [9.17, 15) is 54.0 Å². The maximum Gasteiger partial charge on any atom is 0.273 e. The van der Waals surface area contributed by atoms with Gasteiger partial charge in [0, 0.05) is 64.3 Å². The molecule has 9 fully saturated rings. The van der Waals surface area contributed by atoms with Crippen LogP contribution in [0, 0.1) is 27.6 Å². The predicted octanol–water partition coefficient (Wildman–Crippen LogP) is 3.33. The highest BCUT2D eigenvalue weighted by Crippen LogP contribution is 2.62. The number of fused-ring (bicyclic) bond motifs is 3. The van der Waals surface area contributed by atoms with Crippen LogP contribution >= 0.6 is 47.0 Å². The van der Waals surface area contributed by atoms with Crippen LogP contribution in [0.4, 0.5) is 0 Å². The van der Waals surface area contributed by atoms with Crippen LogP contribution in [-0.2, 0) is 90.6 Å². The first kappa shape index (κ1) is 64.9. The normalized spacial score (nSPS) is 34.9. The molecule has 2 aliphatic carbocycles. The van der Waals surface area contributed by atoms with Gasteiger partial charge in [0.1, 0.15) is 60.8 Å². The van der Waals surface area contributed by atoms with Crippen molar-refractivity contribution in [3.8, 4) is 0 Å². The van der Waals surface area contributed by atoms with Crippen LogP contribution in [0.25, 0.3) is 0 Å². The first-order valence-corrected chi connectivity index (χ1v) is 35.4. The smallest absolute Gasteiger partial charge is 0.273 e. The van der Waals surface area contributed by atoms with Crippen molar-refractivity contribution in [3.63, 3.8) is 0 Å². The molecule has 3 N–H and O–H groups in total. The Hall–Kier alpha value is -1.61. The second-order valence-electron chi connectivity index (χ2n) is 23.7. The number of ether oxygens (including phenoxy) is 4. The van der Waals surface area contributed by atoms with E-state index in [2.05, 4.69) is 16.0 Å². The average molecular weight is 1250 g/mol. The maximum absolute atomic E-state index is 12.1. The molecule has 0 spiro atoms. The quantitative estimate of drug-likeness (QED) is 0.0922. The predicted molar refractivity (Wildman–Crippen MR) is 299 cm³/mol. The minimum absolute atomic E-state index is 0.0163. The number of nitrogens with one attached hydrogen (secondary N) is 3. The summed E-state index contributed by atoms with van der Waals surface area (Å²) < 4.78 is 110. The number of thioether (sulfide) groups is 4. The van der Waals surface area contributed by atoms with E-state index in [1.807, 2.05) is 69.2 Å². The summed E-state index contributed by atoms with van der Waals surface area (Å²) in [7, 11) is -10.6. The Balaban J connectivity index is 0.000000172. The van der Waals surface area contributed by atoms with Crippen LogP contribution in [0.1, 0.15) is 114 Å². The molecule has 0 radical (unpaired) electrons. The minimum atomic E-state index is -3.58. The van der Waals surface area contributed by atoms with Crippen molar-refractivity contribution in [3.05, 3.63) is 0 Å². The number of amides is 3. The lowest BCUT2D eigenvalue weighted by molar-refractivity contribution is -0.134. The molecule has 29 heteroatoms. The molecule has 15 atom stereocenters. The fourth-order valence-corrected chi connectivity index (χ4v) is 21.6. The van der Waals surface area contributed by atoms with E-state index in [0.717, 1.165) is 25.7 Å². The average Bonchev–Trinajstić information content (AvgIpc) is 4.30. The van der Waals surface area contributed by atoms with Crippen LogP contribution in [0.5, 0.6) is 0 Å². The Morgan fingerprint density at radius 1 is 0.557 bits per heavy atom. The molecule has 22 nitrogen and oxygen atoms in total. The number of rotatable bonds is 24. The van der Waals surface area contributed by atoms with Crippen molar-refractivity contribution in [1.29, 1.82) is 0 Å². The van der Waals surface area contributed by atoms with Crippen LogP contribution in [-0.4, -0.2) is 190 Å². The summed E-state index contributed by atoms with van der Waals surface area (Å²) >= 11 is 5.27. The van der Waals surface area contributed by atoms with Gasteiger partial charge in [-0.15, -0.1) is 11.8 Å². The van der Waals surface area contributed by atoms with Crippen molar-refractivity contribution in [2.24, 2.45) is 27.6 Å². The molecule has 7 saturated heterocycles. The Kier molecular flexibility index (Phi) is 21.0. The standard InChI is InChI=1S/C18H29NO6S2.C16H25NO7S2.C16H25NO6S3/c1-5-17(2,3)16(21)26-7-6-19-13(20)10-24-15-14-11-8-18(15,4)9-12(11)27(22,23)25-14;1-4-16(2,3)15(19)25-6-5-17-11(18)8-22-12-9-7-10-13(23-9)14(12)24-26(10,20)21;1-4-16(2,3)15(19)24-6-5-17-11(18)8-22-12-9-7-10-14(25-9)13(12)23-26(10,20)21/h11-12,14-15H,5-10H2,1-4H3,(H,19,20);2*9-10,12-14H,4-8H2,1-3H3,(H,17,18). The molecule has 7 aliphatic heterocycles. The molecule has 6 bridgehead atoms. The molecule has 0 aromatic heterocycles. The monoisotopic (exact) mass is 1250 g/mol.